The maximum Gasteiger partial charge on any atom is 0.260 e. The van der Waals surface area contributed by atoms with Crippen LogP contribution in [-0.2, 0) is 4.79 Å². The van der Waals surface area contributed by atoms with Crippen molar-refractivity contribution in [2.45, 2.75) is 57.5 Å². The lowest BCUT2D eigenvalue weighted by Crippen LogP contribution is -2.46. The van der Waals surface area contributed by atoms with Crippen LogP contribution in [0.15, 0.2) is 6.33 Å². The Morgan fingerprint density at radius 3 is 2.83 bits per heavy atom. The van der Waals surface area contributed by atoms with Gasteiger partial charge in [0.1, 0.15) is 12.4 Å². The summed E-state index contributed by atoms with van der Waals surface area (Å²) in [4.78, 5) is 17.9. The molecule has 23 heavy (non-hydrogen) atoms. The zero-order valence-corrected chi connectivity index (χ0v) is 13.3. The Labute approximate surface area is 134 Å². The fourth-order valence-electron chi connectivity index (χ4n) is 3.62. The molecular weight excluding hydrogens is 304 g/mol. The zero-order chi connectivity index (χ0) is 16.4. The summed E-state index contributed by atoms with van der Waals surface area (Å²) in [6.45, 7) is 3.43. The molecule has 6 nitrogen and oxygen atoms in total. The van der Waals surface area contributed by atoms with Crippen LogP contribution in [0.1, 0.15) is 45.1 Å². The van der Waals surface area contributed by atoms with E-state index in [9.17, 15) is 13.6 Å². The standard InChI is InChI=1S/C15H23F2N5O/c1-2-3-13(23)21-6-4-10(5-7-21)11-8-12(14(16)17)22-15(20-11)18-9-19-22/h9-12,14H,2-8H2,1H3,(H,18,19,20)/t11-,12+/m0/s1. The monoisotopic (exact) mass is 327 g/mol. The number of aromatic nitrogens is 3. The molecular formula is C15H23F2N5O. The minimum atomic E-state index is -2.45. The van der Waals surface area contributed by atoms with E-state index >= 15 is 0 Å². The number of halogens is 2. The number of hydrogen-bond acceptors (Lipinski definition) is 4. The van der Waals surface area contributed by atoms with E-state index in [4.69, 9.17) is 0 Å². The molecule has 1 saturated heterocycles. The van der Waals surface area contributed by atoms with E-state index in [1.165, 1.54) is 11.0 Å². The Bertz CT molecular complexity index is 542. The van der Waals surface area contributed by atoms with Crippen molar-refractivity contribution >= 4 is 11.9 Å². The lowest BCUT2D eigenvalue weighted by Gasteiger charge is -2.40. The van der Waals surface area contributed by atoms with Crippen LogP contribution in [0, 0.1) is 5.92 Å². The molecule has 1 aromatic heterocycles. The molecule has 1 N–H and O–H groups in total. The summed E-state index contributed by atoms with van der Waals surface area (Å²) in [5.74, 6) is 0.913. The number of hydrogen-bond donors (Lipinski definition) is 1. The van der Waals surface area contributed by atoms with Gasteiger partial charge in [-0.1, -0.05) is 6.92 Å². The van der Waals surface area contributed by atoms with Crippen LogP contribution in [0.5, 0.6) is 0 Å². The number of nitrogens with one attached hydrogen (secondary N) is 1. The number of fused-ring (bicyclic) bond motifs is 1. The molecule has 0 spiro atoms. The van der Waals surface area contributed by atoms with Gasteiger partial charge in [0.15, 0.2) is 0 Å². The normalized spacial score (nSPS) is 25.3. The summed E-state index contributed by atoms with van der Waals surface area (Å²) >= 11 is 0. The molecule has 1 amide bonds. The van der Waals surface area contributed by atoms with Crippen LogP contribution in [0.2, 0.25) is 0 Å². The molecule has 128 valence electrons. The van der Waals surface area contributed by atoms with Crippen LogP contribution in [-0.4, -0.2) is 51.1 Å². The van der Waals surface area contributed by atoms with Crippen LogP contribution >= 0.6 is 0 Å². The first-order chi connectivity index (χ1) is 11.1. The SMILES string of the molecule is CCCC(=O)N1CCC([C@@H]2C[C@H](C(F)F)n3ncnc3N2)CC1. The first kappa shape index (κ1) is 16.1. The van der Waals surface area contributed by atoms with Crippen molar-refractivity contribution in [3.63, 3.8) is 0 Å². The Morgan fingerprint density at radius 2 is 2.17 bits per heavy atom. The molecule has 2 atom stereocenters. The lowest BCUT2D eigenvalue weighted by atomic mass is 9.85. The van der Waals surface area contributed by atoms with E-state index in [1.54, 1.807) is 0 Å². The molecule has 2 aliphatic heterocycles. The highest BCUT2D eigenvalue weighted by molar-refractivity contribution is 5.76. The molecule has 3 heterocycles. The van der Waals surface area contributed by atoms with Gasteiger partial charge in [-0.15, -0.1) is 0 Å². The average molecular weight is 327 g/mol. The molecule has 0 saturated carbocycles. The fourth-order valence-corrected chi connectivity index (χ4v) is 3.62. The van der Waals surface area contributed by atoms with Crippen LogP contribution < -0.4 is 5.32 Å². The van der Waals surface area contributed by atoms with Gasteiger partial charge in [0, 0.05) is 25.6 Å². The molecule has 1 fully saturated rings. The second-order valence-electron chi connectivity index (χ2n) is 6.38. The number of carbonyl (C=O) groups excluding carboxylic acids is 1. The topological polar surface area (TPSA) is 63.1 Å². The number of nitrogens with zero attached hydrogens (tertiary/aromatic N) is 4. The first-order valence-electron chi connectivity index (χ1n) is 8.32. The van der Waals surface area contributed by atoms with Crippen molar-refractivity contribution in [1.29, 1.82) is 0 Å². The van der Waals surface area contributed by atoms with Gasteiger partial charge in [-0.25, -0.2) is 13.5 Å². The van der Waals surface area contributed by atoms with Crippen molar-refractivity contribution in [3.05, 3.63) is 6.33 Å². The van der Waals surface area contributed by atoms with Crippen LogP contribution in [0.25, 0.3) is 0 Å². The third-order valence-corrected chi connectivity index (χ3v) is 4.91. The van der Waals surface area contributed by atoms with Crippen LogP contribution in [0.3, 0.4) is 0 Å². The summed E-state index contributed by atoms with van der Waals surface area (Å²) in [5.41, 5.74) is 0. The molecule has 0 aliphatic carbocycles. The van der Waals surface area contributed by atoms with Gasteiger partial charge in [-0.2, -0.15) is 10.1 Å². The lowest BCUT2D eigenvalue weighted by molar-refractivity contribution is -0.132. The number of likely N-dealkylation sites (tertiary alicyclic amines) is 1. The first-order valence-corrected chi connectivity index (χ1v) is 8.32. The highest BCUT2D eigenvalue weighted by Crippen LogP contribution is 2.35. The Balaban J connectivity index is 1.62. The minimum Gasteiger partial charge on any atom is -0.351 e. The van der Waals surface area contributed by atoms with Gasteiger partial charge >= 0.3 is 0 Å². The maximum atomic E-state index is 13.3. The fraction of sp³-hybridized carbons (Fsp3) is 0.800. The van der Waals surface area contributed by atoms with Gasteiger partial charge in [0.25, 0.3) is 6.43 Å². The van der Waals surface area contributed by atoms with Gasteiger partial charge in [0.05, 0.1) is 0 Å². The molecule has 0 bridgehead atoms. The number of carbonyl (C=O) groups is 1. The minimum absolute atomic E-state index is 0.0332. The van der Waals surface area contributed by atoms with Crippen molar-refractivity contribution < 1.29 is 13.6 Å². The number of rotatable bonds is 4. The van der Waals surface area contributed by atoms with E-state index < -0.39 is 12.5 Å². The molecule has 8 heteroatoms. The van der Waals surface area contributed by atoms with Crippen molar-refractivity contribution in [3.8, 4) is 0 Å². The Morgan fingerprint density at radius 1 is 1.43 bits per heavy atom. The van der Waals surface area contributed by atoms with Crippen molar-refractivity contribution in [2.75, 3.05) is 18.4 Å². The molecule has 0 unspecified atom stereocenters. The third kappa shape index (κ3) is 3.30. The summed E-state index contributed by atoms with van der Waals surface area (Å²) < 4.78 is 27.9. The number of piperidine rings is 1. The molecule has 0 radical (unpaired) electrons. The second kappa shape index (κ2) is 6.80. The highest BCUT2D eigenvalue weighted by Gasteiger charge is 2.38. The molecule has 3 rings (SSSR count). The third-order valence-electron chi connectivity index (χ3n) is 4.91. The van der Waals surface area contributed by atoms with E-state index in [1.807, 2.05) is 11.8 Å². The molecule has 1 aromatic rings. The summed E-state index contributed by atoms with van der Waals surface area (Å²) in [6.07, 6.45) is 2.34. The highest BCUT2D eigenvalue weighted by atomic mass is 19.3. The Kier molecular flexibility index (Phi) is 4.77. The van der Waals surface area contributed by atoms with Crippen molar-refractivity contribution in [1.82, 2.24) is 19.7 Å². The van der Waals surface area contributed by atoms with E-state index in [2.05, 4.69) is 15.4 Å². The number of amides is 1. The van der Waals surface area contributed by atoms with E-state index in [0.29, 0.717) is 31.9 Å². The maximum absolute atomic E-state index is 13.3. The second-order valence-corrected chi connectivity index (χ2v) is 6.38. The molecule has 2 aliphatic rings. The smallest absolute Gasteiger partial charge is 0.260 e. The quantitative estimate of drug-likeness (QED) is 0.922. The zero-order valence-electron chi connectivity index (χ0n) is 13.3. The number of alkyl halides is 2. The van der Waals surface area contributed by atoms with Gasteiger partial charge in [-0.3, -0.25) is 4.79 Å². The summed E-state index contributed by atoms with van der Waals surface area (Å²) in [5, 5.41) is 7.16. The summed E-state index contributed by atoms with van der Waals surface area (Å²) in [6, 6.07) is -0.951. The average Bonchev–Trinajstić information content (AvgIpc) is 3.02. The van der Waals surface area contributed by atoms with Gasteiger partial charge in [0.2, 0.25) is 11.9 Å². The number of anilines is 1. The van der Waals surface area contributed by atoms with Crippen LogP contribution in [0.4, 0.5) is 14.7 Å². The Hall–Kier alpha value is -1.73. The van der Waals surface area contributed by atoms with Gasteiger partial charge in [-0.05, 0) is 31.6 Å². The van der Waals surface area contributed by atoms with E-state index in [0.717, 1.165) is 19.3 Å². The van der Waals surface area contributed by atoms with E-state index in [-0.39, 0.29) is 17.9 Å². The predicted octanol–water partition coefficient (Wildman–Crippen LogP) is 2.31. The predicted molar refractivity (Wildman–Crippen MR) is 81.3 cm³/mol. The largest absolute Gasteiger partial charge is 0.351 e. The van der Waals surface area contributed by atoms with Crippen molar-refractivity contribution in [2.24, 2.45) is 5.92 Å². The summed E-state index contributed by atoms with van der Waals surface area (Å²) in [7, 11) is 0. The van der Waals surface area contributed by atoms with Gasteiger partial charge < -0.3 is 10.2 Å². The molecule has 0 aromatic carbocycles.